The first kappa shape index (κ1) is 17.1. The third kappa shape index (κ3) is 3.39. The van der Waals surface area contributed by atoms with Gasteiger partial charge in [-0.15, -0.1) is 0 Å². The van der Waals surface area contributed by atoms with Crippen LogP contribution in [0.15, 0.2) is 36.5 Å². The number of aromatic nitrogens is 3. The summed E-state index contributed by atoms with van der Waals surface area (Å²) in [5.74, 6) is -0.502. The predicted octanol–water partition coefficient (Wildman–Crippen LogP) is 2.06. The molecule has 8 heteroatoms. The Hall–Kier alpha value is -2.74. The zero-order valence-electron chi connectivity index (χ0n) is 14.0. The van der Waals surface area contributed by atoms with Crippen LogP contribution in [-0.2, 0) is 14.3 Å². The Morgan fingerprint density at radius 2 is 2.08 bits per heavy atom. The van der Waals surface area contributed by atoms with Crippen LogP contribution in [0.3, 0.4) is 0 Å². The maximum absolute atomic E-state index is 13.3. The van der Waals surface area contributed by atoms with E-state index in [0.29, 0.717) is 29.6 Å². The molecule has 132 valence electrons. The molecular weight excluding hydrogens is 327 g/mol. The number of nitrogens with zero attached hydrogens (tertiary/aromatic N) is 3. The lowest BCUT2D eigenvalue weighted by molar-refractivity contribution is -0.149. The fourth-order valence-corrected chi connectivity index (χ4v) is 2.84. The van der Waals surface area contributed by atoms with E-state index < -0.39 is 17.9 Å². The van der Waals surface area contributed by atoms with Gasteiger partial charge in [0.2, 0.25) is 5.95 Å². The van der Waals surface area contributed by atoms with E-state index in [1.807, 2.05) is 0 Å². The van der Waals surface area contributed by atoms with E-state index in [1.54, 1.807) is 23.7 Å². The number of methoxy groups -OCH3 is 1. The van der Waals surface area contributed by atoms with Gasteiger partial charge in [-0.2, -0.15) is 10.1 Å². The average Bonchev–Trinajstić information content (AvgIpc) is 2.94. The normalized spacial score (nSPS) is 19.2. The Kier molecular flexibility index (Phi) is 4.80. The van der Waals surface area contributed by atoms with Gasteiger partial charge in [-0.1, -0.05) is 18.7 Å². The highest BCUT2D eigenvalue weighted by Gasteiger charge is 2.40. The summed E-state index contributed by atoms with van der Waals surface area (Å²) in [4.78, 5) is 16.9. The van der Waals surface area contributed by atoms with Gasteiger partial charge in [0.15, 0.2) is 0 Å². The predicted molar refractivity (Wildman–Crippen MR) is 88.4 cm³/mol. The van der Waals surface area contributed by atoms with Crippen molar-refractivity contribution >= 4 is 11.9 Å². The summed E-state index contributed by atoms with van der Waals surface area (Å²) in [6, 6.07) is 5.40. The van der Waals surface area contributed by atoms with Gasteiger partial charge < -0.3 is 14.8 Å². The van der Waals surface area contributed by atoms with Crippen LogP contribution in [0, 0.1) is 18.7 Å². The number of ether oxygens (including phenoxy) is 2. The molecule has 25 heavy (non-hydrogen) atoms. The van der Waals surface area contributed by atoms with Crippen LogP contribution in [0.1, 0.15) is 17.4 Å². The van der Waals surface area contributed by atoms with Crippen LogP contribution < -0.4 is 5.32 Å². The average molecular weight is 346 g/mol. The standard InChI is InChI=1S/C17H19FN4O3/c1-10-14(16(23)25-9-8-24-3)15(12-4-6-13(18)7-5-12)22-17(19-10)20-11(2)21-22/h4-7,14-15H,1,8-9H2,2-3H3,(H,19,20,21)/t14-,15-/m1/s1. The lowest BCUT2D eigenvalue weighted by atomic mass is 9.89. The Morgan fingerprint density at radius 1 is 1.36 bits per heavy atom. The van der Waals surface area contributed by atoms with Crippen molar-refractivity contribution in [2.45, 2.75) is 13.0 Å². The Balaban J connectivity index is 2.00. The Bertz CT molecular complexity index is 788. The van der Waals surface area contributed by atoms with Crippen molar-refractivity contribution in [1.82, 2.24) is 14.8 Å². The molecule has 2 heterocycles. The number of carbonyl (C=O) groups is 1. The van der Waals surface area contributed by atoms with Crippen LogP contribution in [-0.4, -0.2) is 41.1 Å². The third-order valence-electron chi connectivity index (χ3n) is 3.96. The molecule has 1 aromatic heterocycles. The number of esters is 1. The molecule has 2 aromatic rings. The van der Waals surface area contributed by atoms with E-state index in [4.69, 9.17) is 9.47 Å². The molecule has 0 saturated heterocycles. The van der Waals surface area contributed by atoms with Crippen molar-refractivity contribution in [3.8, 4) is 0 Å². The van der Waals surface area contributed by atoms with Crippen molar-refractivity contribution in [3.05, 3.63) is 53.7 Å². The van der Waals surface area contributed by atoms with Gasteiger partial charge in [-0.3, -0.25) is 4.79 Å². The summed E-state index contributed by atoms with van der Waals surface area (Å²) in [7, 11) is 1.53. The van der Waals surface area contributed by atoms with Gasteiger partial charge in [0, 0.05) is 12.8 Å². The number of benzene rings is 1. The van der Waals surface area contributed by atoms with E-state index in [2.05, 4.69) is 22.0 Å². The SMILES string of the molecule is C=C1Nc2nc(C)nn2[C@H](c2ccc(F)cc2)[C@@H]1C(=O)OCCOC. The fourth-order valence-electron chi connectivity index (χ4n) is 2.84. The minimum atomic E-state index is -0.726. The molecule has 0 spiro atoms. The lowest BCUT2D eigenvalue weighted by Crippen LogP contribution is -2.38. The first-order valence-electron chi connectivity index (χ1n) is 7.81. The van der Waals surface area contributed by atoms with Gasteiger partial charge in [0.05, 0.1) is 12.6 Å². The number of carbonyl (C=O) groups excluding carboxylic acids is 1. The first-order chi connectivity index (χ1) is 12.0. The summed E-state index contributed by atoms with van der Waals surface area (Å²) >= 11 is 0. The summed E-state index contributed by atoms with van der Waals surface area (Å²) in [6.45, 7) is 6.14. The molecule has 0 bridgehead atoms. The Morgan fingerprint density at radius 3 is 2.76 bits per heavy atom. The van der Waals surface area contributed by atoms with E-state index in [0.717, 1.165) is 0 Å². The maximum atomic E-state index is 13.3. The minimum absolute atomic E-state index is 0.137. The quantitative estimate of drug-likeness (QED) is 0.660. The van der Waals surface area contributed by atoms with E-state index in [1.165, 1.54) is 19.2 Å². The second-order valence-corrected chi connectivity index (χ2v) is 5.71. The highest BCUT2D eigenvalue weighted by atomic mass is 19.1. The molecule has 0 amide bonds. The number of fused-ring (bicyclic) bond motifs is 1. The number of hydrogen-bond donors (Lipinski definition) is 1. The number of anilines is 1. The zero-order chi connectivity index (χ0) is 18.0. The van der Waals surface area contributed by atoms with Crippen LogP contribution in [0.25, 0.3) is 0 Å². The molecule has 0 saturated carbocycles. The highest BCUT2D eigenvalue weighted by Crippen LogP contribution is 2.38. The van der Waals surface area contributed by atoms with E-state index in [-0.39, 0.29) is 12.4 Å². The largest absolute Gasteiger partial charge is 0.463 e. The molecule has 7 nitrogen and oxygen atoms in total. The van der Waals surface area contributed by atoms with Crippen molar-refractivity contribution in [2.24, 2.45) is 5.92 Å². The van der Waals surface area contributed by atoms with Crippen LogP contribution in [0.4, 0.5) is 10.3 Å². The highest BCUT2D eigenvalue weighted by molar-refractivity contribution is 5.79. The topological polar surface area (TPSA) is 78.3 Å². The van der Waals surface area contributed by atoms with Crippen molar-refractivity contribution < 1.29 is 18.7 Å². The van der Waals surface area contributed by atoms with Gasteiger partial charge in [-0.25, -0.2) is 9.07 Å². The zero-order valence-corrected chi connectivity index (χ0v) is 14.0. The smallest absolute Gasteiger partial charge is 0.317 e. The summed E-state index contributed by atoms with van der Waals surface area (Å²) in [6.07, 6.45) is 0. The number of rotatable bonds is 5. The third-order valence-corrected chi connectivity index (χ3v) is 3.96. The molecule has 2 atom stereocenters. The molecule has 1 aromatic carbocycles. The second-order valence-electron chi connectivity index (χ2n) is 5.71. The van der Waals surface area contributed by atoms with Crippen LogP contribution in [0.2, 0.25) is 0 Å². The lowest BCUT2D eigenvalue weighted by Gasteiger charge is -2.33. The molecule has 0 radical (unpaired) electrons. The van der Waals surface area contributed by atoms with Crippen LogP contribution in [0.5, 0.6) is 0 Å². The van der Waals surface area contributed by atoms with Gasteiger partial charge in [0.1, 0.15) is 24.2 Å². The number of halogens is 1. The van der Waals surface area contributed by atoms with Gasteiger partial charge >= 0.3 is 5.97 Å². The van der Waals surface area contributed by atoms with Gasteiger partial charge in [0.25, 0.3) is 0 Å². The van der Waals surface area contributed by atoms with Crippen molar-refractivity contribution in [3.63, 3.8) is 0 Å². The number of aryl methyl sites for hydroxylation is 1. The molecule has 1 aliphatic heterocycles. The molecule has 1 aliphatic rings. The molecule has 1 N–H and O–H groups in total. The summed E-state index contributed by atoms with van der Waals surface area (Å²) in [5.41, 5.74) is 1.17. The summed E-state index contributed by atoms with van der Waals surface area (Å²) < 4.78 is 25.1. The minimum Gasteiger partial charge on any atom is -0.463 e. The summed E-state index contributed by atoms with van der Waals surface area (Å²) in [5, 5.41) is 7.37. The monoisotopic (exact) mass is 346 g/mol. The van der Waals surface area contributed by atoms with Crippen molar-refractivity contribution in [2.75, 3.05) is 25.6 Å². The molecule has 3 rings (SSSR count). The first-order valence-corrected chi connectivity index (χ1v) is 7.81. The Labute approximate surface area is 144 Å². The fraction of sp³-hybridized carbons (Fsp3) is 0.353. The molecular formula is C17H19FN4O3. The van der Waals surface area contributed by atoms with Crippen LogP contribution >= 0.6 is 0 Å². The second kappa shape index (κ2) is 7.02. The number of nitrogens with one attached hydrogen (secondary N) is 1. The van der Waals surface area contributed by atoms with Gasteiger partial charge in [-0.05, 0) is 24.6 Å². The van der Waals surface area contributed by atoms with E-state index in [9.17, 15) is 9.18 Å². The molecule has 0 unspecified atom stereocenters. The number of hydrogen-bond acceptors (Lipinski definition) is 6. The van der Waals surface area contributed by atoms with E-state index >= 15 is 0 Å². The molecule has 0 fully saturated rings. The maximum Gasteiger partial charge on any atom is 0.317 e. The molecule has 0 aliphatic carbocycles. The van der Waals surface area contributed by atoms with Crippen molar-refractivity contribution in [1.29, 1.82) is 0 Å².